The van der Waals surface area contributed by atoms with Crippen LogP contribution in [0.15, 0.2) is 36.4 Å². The van der Waals surface area contributed by atoms with Crippen LogP contribution in [0.5, 0.6) is 5.75 Å². The smallest absolute Gasteiger partial charge is 0.279 e. The first-order valence-electron chi connectivity index (χ1n) is 7.72. The van der Waals surface area contributed by atoms with Crippen LogP contribution >= 0.6 is 0 Å². The number of rotatable bonds is 7. The molecule has 26 heavy (non-hydrogen) atoms. The van der Waals surface area contributed by atoms with Crippen molar-refractivity contribution in [2.75, 3.05) is 19.0 Å². The molecule has 0 aliphatic rings. The zero-order valence-corrected chi connectivity index (χ0v) is 14.2. The second-order valence-corrected chi connectivity index (χ2v) is 5.59. The number of nitrogens with zero attached hydrogens (tertiary/aromatic N) is 1. The maximum absolute atomic E-state index is 13.3. The third-order valence-electron chi connectivity index (χ3n) is 3.80. The minimum absolute atomic E-state index is 0.0142. The van der Waals surface area contributed by atoms with Crippen LogP contribution < -0.4 is 15.4 Å². The van der Waals surface area contributed by atoms with E-state index >= 15 is 0 Å². The number of nitro benzene ring substituents is 1. The Balaban J connectivity index is 1.98. The number of halogens is 2. The third kappa shape index (κ3) is 4.73. The zero-order chi connectivity index (χ0) is 19.3. The molecule has 0 fully saturated rings. The molecule has 0 unspecified atom stereocenters. The highest BCUT2D eigenvalue weighted by Crippen LogP contribution is 2.28. The molecule has 0 heterocycles. The van der Waals surface area contributed by atoms with Crippen LogP contribution in [0.1, 0.15) is 18.5 Å². The Bertz CT molecular complexity index is 830. The van der Waals surface area contributed by atoms with E-state index in [0.717, 1.165) is 12.1 Å². The van der Waals surface area contributed by atoms with Gasteiger partial charge in [0.2, 0.25) is 0 Å². The Labute approximate surface area is 148 Å². The molecule has 1 atom stereocenters. The van der Waals surface area contributed by atoms with E-state index in [4.69, 9.17) is 4.74 Å². The number of quaternary nitrogens is 1. The van der Waals surface area contributed by atoms with Gasteiger partial charge in [-0.1, -0.05) is 0 Å². The quantitative estimate of drug-likeness (QED) is 0.579. The second kappa shape index (κ2) is 8.34. The Kier molecular flexibility index (Phi) is 6.18. The highest BCUT2D eigenvalue weighted by molar-refractivity contribution is 5.93. The first kappa shape index (κ1) is 19.3. The molecule has 0 saturated carbocycles. The van der Waals surface area contributed by atoms with E-state index in [2.05, 4.69) is 5.32 Å². The summed E-state index contributed by atoms with van der Waals surface area (Å²) in [5.74, 6) is -2.07. The SMILES string of the molecule is COc1cc([N+](=O)[O-])ccc1NC(=O)C[NH2+][C@@H](C)c1ccc(F)c(F)c1. The van der Waals surface area contributed by atoms with Gasteiger partial charge in [0, 0.05) is 11.6 Å². The lowest BCUT2D eigenvalue weighted by atomic mass is 10.1. The molecule has 2 rings (SSSR count). The predicted octanol–water partition coefficient (Wildman–Crippen LogP) is 2.14. The van der Waals surface area contributed by atoms with Crippen LogP contribution in [0.4, 0.5) is 20.2 Å². The van der Waals surface area contributed by atoms with Crippen molar-refractivity contribution < 1.29 is 28.6 Å². The van der Waals surface area contributed by atoms with Crippen LogP contribution in [-0.2, 0) is 4.79 Å². The van der Waals surface area contributed by atoms with Crippen LogP contribution in [0.2, 0.25) is 0 Å². The van der Waals surface area contributed by atoms with E-state index < -0.39 is 16.6 Å². The number of hydrogen-bond acceptors (Lipinski definition) is 4. The molecule has 7 nitrogen and oxygen atoms in total. The molecule has 2 aromatic rings. The van der Waals surface area contributed by atoms with E-state index in [0.29, 0.717) is 11.3 Å². The van der Waals surface area contributed by atoms with Crippen molar-refractivity contribution in [2.24, 2.45) is 0 Å². The summed E-state index contributed by atoms with van der Waals surface area (Å²) in [5.41, 5.74) is 0.694. The molecule has 0 aromatic heterocycles. The van der Waals surface area contributed by atoms with Crippen molar-refractivity contribution in [3.63, 3.8) is 0 Å². The van der Waals surface area contributed by atoms with Gasteiger partial charge in [0.05, 0.1) is 23.8 Å². The fraction of sp³-hybridized carbons (Fsp3) is 0.235. The van der Waals surface area contributed by atoms with Crippen LogP contribution in [0, 0.1) is 21.7 Å². The third-order valence-corrected chi connectivity index (χ3v) is 3.80. The van der Waals surface area contributed by atoms with Gasteiger partial charge in [0.1, 0.15) is 11.8 Å². The van der Waals surface area contributed by atoms with Gasteiger partial charge in [0.15, 0.2) is 18.2 Å². The molecule has 0 bridgehead atoms. The van der Waals surface area contributed by atoms with Gasteiger partial charge in [-0.3, -0.25) is 14.9 Å². The number of methoxy groups -OCH3 is 1. The molecule has 3 N–H and O–H groups in total. The van der Waals surface area contributed by atoms with Crippen molar-refractivity contribution in [3.8, 4) is 5.75 Å². The highest BCUT2D eigenvalue weighted by Gasteiger charge is 2.16. The first-order valence-corrected chi connectivity index (χ1v) is 7.72. The van der Waals surface area contributed by atoms with Gasteiger partial charge < -0.3 is 15.4 Å². The van der Waals surface area contributed by atoms with Crippen molar-refractivity contribution in [2.45, 2.75) is 13.0 Å². The van der Waals surface area contributed by atoms with Gasteiger partial charge >= 0.3 is 0 Å². The minimum Gasteiger partial charge on any atom is -0.494 e. The van der Waals surface area contributed by atoms with Crippen molar-refractivity contribution in [3.05, 3.63) is 63.7 Å². The van der Waals surface area contributed by atoms with Crippen LogP contribution in [0.3, 0.4) is 0 Å². The van der Waals surface area contributed by atoms with E-state index in [9.17, 15) is 23.7 Å². The number of ether oxygens (including phenoxy) is 1. The van der Waals surface area contributed by atoms with E-state index in [-0.39, 0.29) is 29.9 Å². The zero-order valence-electron chi connectivity index (χ0n) is 14.2. The number of nitrogens with one attached hydrogen (secondary N) is 1. The van der Waals surface area contributed by atoms with Gasteiger partial charge in [-0.15, -0.1) is 0 Å². The van der Waals surface area contributed by atoms with Gasteiger partial charge in [-0.25, -0.2) is 8.78 Å². The number of hydrogen-bond donors (Lipinski definition) is 2. The Morgan fingerprint density at radius 2 is 2.00 bits per heavy atom. The molecule has 1 amide bonds. The summed E-state index contributed by atoms with van der Waals surface area (Å²) in [7, 11) is 1.34. The predicted molar refractivity (Wildman–Crippen MR) is 89.8 cm³/mol. The highest BCUT2D eigenvalue weighted by atomic mass is 19.2. The second-order valence-electron chi connectivity index (χ2n) is 5.59. The minimum atomic E-state index is -0.942. The summed E-state index contributed by atoms with van der Waals surface area (Å²) in [6.45, 7) is 1.77. The van der Waals surface area contributed by atoms with Crippen molar-refractivity contribution in [1.29, 1.82) is 0 Å². The normalized spacial score (nSPS) is 11.7. The van der Waals surface area contributed by atoms with Crippen LogP contribution in [-0.4, -0.2) is 24.5 Å². The Morgan fingerprint density at radius 1 is 1.27 bits per heavy atom. The van der Waals surface area contributed by atoms with Crippen molar-refractivity contribution in [1.82, 2.24) is 0 Å². The van der Waals surface area contributed by atoms with Gasteiger partial charge in [0.25, 0.3) is 11.6 Å². The lowest BCUT2D eigenvalue weighted by Crippen LogP contribution is -2.86. The molecule has 0 saturated heterocycles. The molecule has 0 spiro atoms. The molecule has 0 radical (unpaired) electrons. The average molecular weight is 366 g/mol. The number of anilines is 1. The number of amides is 1. The number of nitro groups is 1. The summed E-state index contributed by atoms with van der Waals surface area (Å²) >= 11 is 0. The fourth-order valence-corrected chi connectivity index (χ4v) is 2.31. The lowest BCUT2D eigenvalue weighted by molar-refractivity contribution is -0.682. The summed E-state index contributed by atoms with van der Waals surface area (Å²) in [6, 6.07) is 7.17. The summed E-state index contributed by atoms with van der Waals surface area (Å²) in [6.07, 6.45) is 0. The molecular weight excluding hydrogens is 348 g/mol. The van der Waals surface area contributed by atoms with E-state index in [1.807, 2.05) is 0 Å². The largest absolute Gasteiger partial charge is 0.494 e. The standard InChI is InChI=1S/C17H17F2N3O4/c1-10(11-3-5-13(18)14(19)7-11)20-9-17(23)21-15-6-4-12(22(24)25)8-16(15)26-2/h3-8,10,20H,9H2,1-2H3,(H,21,23)/p+1/t10-/m0/s1. The molecule has 138 valence electrons. The monoisotopic (exact) mass is 366 g/mol. The summed E-state index contributed by atoms with van der Waals surface area (Å²) in [5, 5.41) is 15.0. The van der Waals surface area contributed by atoms with Crippen LogP contribution in [0.25, 0.3) is 0 Å². The topological polar surface area (TPSA) is 98.1 Å². The summed E-state index contributed by atoms with van der Waals surface area (Å²) in [4.78, 5) is 22.3. The molecule has 9 heteroatoms. The van der Waals surface area contributed by atoms with E-state index in [1.54, 1.807) is 12.2 Å². The maximum atomic E-state index is 13.3. The maximum Gasteiger partial charge on any atom is 0.279 e. The summed E-state index contributed by atoms with van der Waals surface area (Å²) < 4.78 is 31.3. The molecule has 0 aliphatic heterocycles. The van der Waals surface area contributed by atoms with Crippen molar-refractivity contribution >= 4 is 17.3 Å². The number of nitrogens with two attached hydrogens (primary N) is 1. The Morgan fingerprint density at radius 3 is 2.62 bits per heavy atom. The number of carbonyl (C=O) groups is 1. The Hall–Kier alpha value is -3.07. The number of non-ortho nitro benzene ring substituents is 1. The molecular formula is C17H18F2N3O4+. The van der Waals surface area contributed by atoms with Gasteiger partial charge in [-0.05, 0) is 31.2 Å². The lowest BCUT2D eigenvalue weighted by Gasteiger charge is -2.13. The number of benzene rings is 2. The first-order chi connectivity index (χ1) is 12.3. The average Bonchev–Trinajstić information content (AvgIpc) is 2.62. The molecule has 0 aliphatic carbocycles. The van der Waals surface area contributed by atoms with Gasteiger partial charge in [-0.2, -0.15) is 0 Å². The molecule has 2 aromatic carbocycles. The fourth-order valence-electron chi connectivity index (χ4n) is 2.31. The number of carbonyl (C=O) groups excluding carboxylic acids is 1. The van der Waals surface area contributed by atoms with E-state index in [1.165, 1.54) is 31.4 Å².